The lowest BCUT2D eigenvalue weighted by Crippen LogP contribution is -2.29. The maximum Gasteiger partial charge on any atom is 0.387 e. The fraction of sp³-hybridized carbons (Fsp3) is 0.462. The minimum Gasteiger partial charge on any atom is -0.493 e. The Bertz CT molecular complexity index is 453. The minimum atomic E-state index is -3.04. The number of amides is 1. The van der Waals surface area contributed by atoms with Crippen LogP contribution in [0.15, 0.2) is 18.2 Å². The molecule has 1 amide bonds. The largest absolute Gasteiger partial charge is 0.493 e. The van der Waals surface area contributed by atoms with Gasteiger partial charge in [0, 0.05) is 12.6 Å². The topological polar surface area (TPSA) is 73.6 Å². The van der Waals surface area contributed by atoms with Crippen LogP contribution in [0.3, 0.4) is 0 Å². The number of ether oxygens (including phenoxy) is 2. The zero-order chi connectivity index (χ0) is 15.1. The lowest BCUT2D eigenvalue weighted by molar-refractivity contribution is -0.0515. The Hall–Kier alpha value is -1.89. The van der Waals surface area contributed by atoms with Crippen molar-refractivity contribution in [1.29, 1.82) is 0 Å². The Morgan fingerprint density at radius 2 is 2.15 bits per heavy atom. The predicted octanol–water partition coefficient (Wildman–Crippen LogP) is 1.76. The molecule has 0 aliphatic rings. The fourth-order valence-electron chi connectivity index (χ4n) is 1.57. The summed E-state index contributed by atoms with van der Waals surface area (Å²) in [5.41, 5.74) is 5.56. The van der Waals surface area contributed by atoms with Crippen molar-refractivity contribution in [3.05, 3.63) is 23.8 Å². The van der Waals surface area contributed by atoms with E-state index in [2.05, 4.69) is 10.1 Å². The van der Waals surface area contributed by atoms with Crippen LogP contribution in [0.25, 0.3) is 0 Å². The third kappa shape index (κ3) is 4.65. The monoisotopic (exact) mass is 288 g/mol. The summed E-state index contributed by atoms with van der Waals surface area (Å²) in [4.78, 5) is 12.0. The fourth-order valence-corrected chi connectivity index (χ4v) is 1.57. The first-order valence-electron chi connectivity index (χ1n) is 6.11. The van der Waals surface area contributed by atoms with E-state index in [1.54, 1.807) is 0 Å². The normalized spacial score (nSPS) is 12.1. The van der Waals surface area contributed by atoms with Gasteiger partial charge in [-0.3, -0.25) is 4.79 Å². The molecule has 1 unspecified atom stereocenters. The number of halogens is 2. The number of hydrogen-bond acceptors (Lipinski definition) is 4. The van der Waals surface area contributed by atoms with Crippen LogP contribution in [0.5, 0.6) is 11.5 Å². The molecule has 5 nitrogen and oxygen atoms in total. The zero-order valence-corrected chi connectivity index (χ0v) is 11.4. The summed E-state index contributed by atoms with van der Waals surface area (Å²) in [5, 5.41) is 2.60. The summed E-state index contributed by atoms with van der Waals surface area (Å²) in [6.07, 6.45) is 0.584. The van der Waals surface area contributed by atoms with E-state index in [4.69, 9.17) is 10.5 Å². The van der Waals surface area contributed by atoms with Gasteiger partial charge in [-0.25, -0.2) is 0 Å². The number of para-hydroxylation sites is 1. The van der Waals surface area contributed by atoms with Crippen LogP contribution in [0, 0.1) is 0 Å². The molecular formula is C13H18F2N2O3. The average Bonchev–Trinajstić information content (AvgIpc) is 2.37. The van der Waals surface area contributed by atoms with Gasteiger partial charge in [-0.05, 0) is 25.5 Å². The number of benzene rings is 1. The first-order chi connectivity index (χ1) is 9.45. The van der Waals surface area contributed by atoms with E-state index in [1.165, 1.54) is 25.3 Å². The van der Waals surface area contributed by atoms with Crippen molar-refractivity contribution in [2.24, 2.45) is 5.73 Å². The highest BCUT2D eigenvalue weighted by Gasteiger charge is 2.19. The second kappa shape index (κ2) is 7.64. The second-order valence-corrected chi connectivity index (χ2v) is 4.24. The molecule has 0 saturated carbocycles. The highest BCUT2D eigenvalue weighted by Crippen LogP contribution is 2.32. The van der Waals surface area contributed by atoms with Crippen LogP contribution in [-0.2, 0) is 0 Å². The molecule has 1 aromatic carbocycles. The third-order valence-corrected chi connectivity index (χ3v) is 2.54. The number of hydrogen-bond donors (Lipinski definition) is 2. The van der Waals surface area contributed by atoms with Crippen LogP contribution in [0.2, 0.25) is 0 Å². The van der Waals surface area contributed by atoms with Gasteiger partial charge in [0.25, 0.3) is 5.91 Å². The van der Waals surface area contributed by atoms with E-state index in [9.17, 15) is 13.6 Å². The van der Waals surface area contributed by atoms with Gasteiger partial charge in [0.2, 0.25) is 0 Å². The number of rotatable bonds is 7. The van der Waals surface area contributed by atoms with Crippen molar-refractivity contribution in [3.8, 4) is 11.5 Å². The van der Waals surface area contributed by atoms with E-state index < -0.39 is 12.5 Å². The van der Waals surface area contributed by atoms with Crippen molar-refractivity contribution in [3.63, 3.8) is 0 Å². The Morgan fingerprint density at radius 3 is 2.70 bits per heavy atom. The summed E-state index contributed by atoms with van der Waals surface area (Å²) >= 11 is 0. The molecule has 1 rings (SSSR count). The van der Waals surface area contributed by atoms with E-state index in [-0.39, 0.29) is 23.1 Å². The summed E-state index contributed by atoms with van der Waals surface area (Å²) in [6.45, 7) is -0.882. The van der Waals surface area contributed by atoms with Crippen LogP contribution in [0.4, 0.5) is 8.78 Å². The molecule has 0 aliphatic carbocycles. The zero-order valence-electron chi connectivity index (χ0n) is 11.4. The Labute approximate surface area is 116 Å². The minimum absolute atomic E-state index is 0.00526. The number of carbonyl (C=O) groups excluding carboxylic acids is 1. The van der Waals surface area contributed by atoms with Crippen molar-refractivity contribution in [1.82, 2.24) is 5.32 Å². The third-order valence-electron chi connectivity index (χ3n) is 2.54. The molecule has 0 heterocycles. The van der Waals surface area contributed by atoms with Crippen LogP contribution < -0.4 is 20.5 Å². The summed E-state index contributed by atoms with van der Waals surface area (Å²) in [5.74, 6) is -0.714. The van der Waals surface area contributed by atoms with E-state index in [1.807, 2.05) is 6.92 Å². The van der Waals surface area contributed by atoms with Gasteiger partial charge in [-0.15, -0.1) is 0 Å². The molecule has 7 heteroatoms. The van der Waals surface area contributed by atoms with Gasteiger partial charge in [0.1, 0.15) is 0 Å². The van der Waals surface area contributed by atoms with Crippen molar-refractivity contribution in [2.45, 2.75) is 26.0 Å². The molecule has 0 spiro atoms. The molecule has 1 atom stereocenters. The van der Waals surface area contributed by atoms with Gasteiger partial charge < -0.3 is 20.5 Å². The molecule has 0 radical (unpaired) electrons. The Morgan fingerprint density at radius 1 is 1.45 bits per heavy atom. The molecule has 0 aliphatic heterocycles. The maximum absolute atomic E-state index is 12.4. The van der Waals surface area contributed by atoms with Gasteiger partial charge in [0.15, 0.2) is 11.5 Å². The summed E-state index contributed by atoms with van der Waals surface area (Å²) < 4.78 is 34.1. The first-order valence-corrected chi connectivity index (χ1v) is 6.11. The number of nitrogens with two attached hydrogens (primary N) is 1. The molecule has 0 saturated heterocycles. The standard InChI is InChI=1S/C13H18F2N2O3/c1-8(16)6-7-17-12(18)9-4-3-5-10(19-2)11(9)20-13(14)15/h3-5,8,13H,6-7,16H2,1-2H3,(H,17,18). The highest BCUT2D eigenvalue weighted by molar-refractivity contribution is 5.97. The lowest BCUT2D eigenvalue weighted by atomic mass is 10.1. The molecule has 1 aromatic rings. The van der Waals surface area contributed by atoms with E-state index >= 15 is 0 Å². The predicted molar refractivity (Wildman–Crippen MR) is 70.2 cm³/mol. The molecule has 20 heavy (non-hydrogen) atoms. The highest BCUT2D eigenvalue weighted by atomic mass is 19.3. The molecule has 3 N–H and O–H groups in total. The van der Waals surface area contributed by atoms with Crippen molar-refractivity contribution in [2.75, 3.05) is 13.7 Å². The van der Waals surface area contributed by atoms with E-state index in [0.29, 0.717) is 13.0 Å². The van der Waals surface area contributed by atoms with Gasteiger partial charge in [0.05, 0.1) is 12.7 Å². The summed E-state index contributed by atoms with van der Waals surface area (Å²) in [7, 11) is 1.31. The number of alkyl halides is 2. The molecule has 112 valence electrons. The quantitative estimate of drug-likeness (QED) is 0.802. The van der Waals surface area contributed by atoms with Crippen molar-refractivity contribution < 1.29 is 23.0 Å². The first kappa shape index (κ1) is 16.2. The average molecular weight is 288 g/mol. The van der Waals surface area contributed by atoms with E-state index in [0.717, 1.165) is 0 Å². The van der Waals surface area contributed by atoms with Gasteiger partial charge in [-0.1, -0.05) is 6.07 Å². The number of carbonyl (C=O) groups is 1. The second-order valence-electron chi connectivity index (χ2n) is 4.24. The van der Waals surface area contributed by atoms with Gasteiger partial charge >= 0.3 is 6.61 Å². The number of nitrogens with one attached hydrogen (secondary N) is 1. The van der Waals surface area contributed by atoms with Crippen LogP contribution in [-0.4, -0.2) is 32.2 Å². The Balaban J connectivity index is 2.89. The molecular weight excluding hydrogens is 270 g/mol. The van der Waals surface area contributed by atoms with Crippen LogP contribution >= 0.6 is 0 Å². The Kier molecular flexibility index (Phi) is 6.17. The van der Waals surface area contributed by atoms with Crippen molar-refractivity contribution >= 4 is 5.91 Å². The number of methoxy groups -OCH3 is 1. The van der Waals surface area contributed by atoms with Gasteiger partial charge in [-0.2, -0.15) is 8.78 Å². The lowest BCUT2D eigenvalue weighted by Gasteiger charge is -2.14. The SMILES string of the molecule is COc1cccc(C(=O)NCCC(C)N)c1OC(F)F. The maximum atomic E-state index is 12.4. The molecule has 0 bridgehead atoms. The molecule has 0 aromatic heterocycles. The summed E-state index contributed by atoms with van der Waals surface area (Å²) in [6, 6.07) is 4.30. The smallest absolute Gasteiger partial charge is 0.387 e. The van der Waals surface area contributed by atoms with Crippen LogP contribution in [0.1, 0.15) is 23.7 Å². The molecule has 0 fully saturated rings.